The molecule has 2 atom stereocenters. The van der Waals surface area contributed by atoms with E-state index in [-0.39, 0.29) is 52.8 Å². The van der Waals surface area contributed by atoms with Crippen molar-refractivity contribution in [2.75, 3.05) is 38.3 Å². The molecule has 3 aliphatic heterocycles. The lowest BCUT2D eigenvalue weighted by Crippen LogP contribution is -2.53. The van der Waals surface area contributed by atoms with Gasteiger partial charge in [-0.05, 0) is 86.3 Å². The molecular formula is C39H39Cl2F2N3O8. The topological polar surface area (TPSA) is 114 Å². The Morgan fingerprint density at radius 3 is 2.31 bits per heavy atom. The van der Waals surface area contributed by atoms with E-state index in [4.69, 9.17) is 42.1 Å². The molecule has 4 aromatic rings. The van der Waals surface area contributed by atoms with Crippen LogP contribution in [0.15, 0.2) is 79.1 Å². The van der Waals surface area contributed by atoms with Crippen LogP contribution >= 0.6 is 23.2 Å². The Bertz CT molecular complexity index is 1920. The molecule has 11 nitrogen and oxygen atoms in total. The molecule has 2 bridgehead atoms. The van der Waals surface area contributed by atoms with Crippen LogP contribution in [0.1, 0.15) is 52.9 Å². The highest BCUT2D eigenvalue weighted by atomic mass is 35.5. The molecule has 3 aromatic carbocycles. The number of pyridine rings is 1. The molecule has 286 valence electrons. The number of ether oxygens (including phenoxy) is 5. The number of carbonyl (C=O) groups excluding carboxylic acids is 2. The van der Waals surface area contributed by atoms with Gasteiger partial charge < -0.3 is 28.9 Å². The monoisotopic (exact) mass is 785 g/mol. The van der Waals surface area contributed by atoms with Crippen LogP contribution in [-0.2, 0) is 22.4 Å². The van der Waals surface area contributed by atoms with E-state index < -0.39 is 24.8 Å². The summed E-state index contributed by atoms with van der Waals surface area (Å²) >= 11 is 12.8. The van der Waals surface area contributed by atoms with Gasteiger partial charge in [-0.3, -0.25) is 9.80 Å². The number of hydrogen-bond donors (Lipinski definition) is 0. The number of nitrogens with zero attached hydrogens (tertiary/aromatic N) is 3. The van der Waals surface area contributed by atoms with Crippen molar-refractivity contribution in [2.45, 2.75) is 51.6 Å². The molecule has 0 aliphatic carbocycles. The first-order valence-corrected chi connectivity index (χ1v) is 18.2. The predicted molar refractivity (Wildman–Crippen MR) is 197 cm³/mol. The van der Waals surface area contributed by atoms with Gasteiger partial charge in [0.25, 0.3) is 0 Å². The third kappa shape index (κ3) is 9.26. The Balaban J connectivity index is 1.24. The van der Waals surface area contributed by atoms with E-state index in [0.29, 0.717) is 45.3 Å². The minimum absolute atomic E-state index is 0.00925. The number of methoxy groups -OCH3 is 1. The van der Waals surface area contributed by atoms with Crippen LogP contribution in [0.4, 0.5) is 19.3 Å². The van der Waals surface area contributed by atoms with E-state index in [1.807, 2.05) is 12.1 Å². The number of esters is 1. The van der Waals surface area contributed by atoms with Crippen LogP contribution in [-0.4, -0.2) is 63.0 Å². The average Bonchev–Trinajstić information content (AvgIpc) is 3.16. The summed E-state index contributed by atoms with van der Waals surface area (Å²) in [7, 11) is 1.53. The molecule has 54 heavy (non-hydrogen) atoms. The normalized spacial score (nSPS) is 18.2. The number of anilines is 1. The molecule has 0 spiro atoms. The van der Waals surface area contributed by atoms with Gasteiger partial charge in [-0.25, -0.2) is 9.59 Å². The molecule has 3 aliphatic rings. The van der Waals surface area contributed by atoms with Gasteiger partial charge in [-0.1, -0.05) is 53.5 Å². The Morgan fingerprint density at radius 2 is 1.69 bits per heavy atom. The molecule has 3 saturated heterocycles. The molecule has 4 heterocycles. The summed E-state index contributed by atoms with van der Waals surface area (Å²) in [6.45, 7) is 1.58. The fourth-order valence-electron chi connectivity index (χ4n) is 6.79. The van der Waals surface area contributed by atoms with E-state index in [2.05, 4.69) is 9.64 Å². The number of fused-ring (bicyclic) bond motifs is 3. The van der Waals surface area contributed by atoms with Crippen molar-refractivity contribution in [1.82, 2.24) is 4.90 Å². The smallest absolute Gasteiger partial charge is 0.415 e. The van der Waals surface area contributed by atoms with Gasteiger partial charge in [-0.15, -0.1) is 0 Å². The lowest BCUT2D eigenvalue weighted by Gasteiger charge is -2.44. The lowest BCUT2D eigenvalue weighted by atomic mass is 9.86. The second kappa shape index (κ2) is 17.5. The van der Waals surface area contributed by atoms with Gasteiger partial charge in [0, 0.05) is 18.5 Å². The Morgan fingerprint density at radius 1 is 0.981 bits per heavy atom. The summed E-state index contributed by atoms with van der Waals surface area (Å²) in [5.74, 6) is -0.0918. The fourth-order valence-corrected chi connectivity index (χ4v) is 7.39. The summed E-state index contributed by atoms with van der Waals surface area (Å²) in [5.41, 5.74) is 2.11. The molecule has 15 heteroatoms. The number of halogens is 4. The van der Waals surface area contributed by atoms with Crippen LogP contribution in [0.25, 0.3) is 0 Å². The maximum absolute atomic E-state index is 13.8. The van der Waals surface area contributed by atoms with Crippen molar-refractivity contribution < 1.29 is 46.8 Å². The van der Waals surface area contributed by atoms with Gasteiger partial charge in [0.05, 0.1) is 31.5 Å². The zero-order chi connectivity index (χ0) is 38.4. The number of carbonyl (C=O) groups is 2. The minimum Gasteiger partial charge on any atom is -0.619 e. The van der Waals surface area contributed by atoms with Crippen LogP contribution in [0, 0.1) is 11.1 Å². The number of para-hydroxylation sites is 2. The average molecular weight is 787 g/mol. The van der Waals surface area contributed by atoms with Crippen molar-refractivity contribution in [3.63, 3.8) is 0 Å². The highest BCUT2D eigenvalue weighted by Gasteiger charge is 2.38. The first-order valence-electron chi connectivity index (χ1n) is 17.4. The Hall–Kier alpha value is -4.85. The Kier molecular flexibility index (Phi) is 12.6. The number of alkyl halides is 2. The molecule has 0 radical (unpaired) electrons. The predicted octanol–water partition coefficient (Wildman–Crippen LogP) is 8.01. The van der Waals surface area contributed by atoms with Gasteiger partial charge in [0.1, 0.15) is 28.0 Å². The molecule has 3 fully saturated rings. The van der Waals surface area contributed by atoms with Crippen molar-refractivity contribution in [3.05, 3.63) is 117 Å². The molecule has 1 aromatic heterocycles. The summed E-state index contributed by atoms with van der Waals surface area (Å²) in [4.78, 5) is 31.3. The number of hydrogen-bond acceptors (Lipinski definition) is 9. The largest absolute Gasteiger partial charge is 0.619 e. The zero-order valence-corrected chi connectivity index (χ0v) is 31.1. The summed E-state index contributed by atoms with van der Waals surface area (Å²) < 4.78 is 54.5. The van der Waals surface area contributed by atoms with Crippen molar-refractivity contribution in [1.29, 1.82) is 0 Å². The quantitative estimate of drug-likeness (QED) is 0.0713. The van der Waals surface area contributed by atoms with Gasteiger partial charge in [-0.2, -0.15) is 13.5 Å². The van der Waals surface area contributed by atoms with Crippen LogP contribution in [0.5, 0.6) is 17.2 Å². The summed E-state index contributed by atoms with van der Waals surface area (Å²) in [5, 5.41) is 12.0. The standard InChI is InChI=1S/C39H39Cl2F2N3O8/c1-3-51-35-18-27(12-13-33(35)53-38(42)43)34(19-28-29(40)21-45(49)22-30(28)41)52-37(47)26-10-8-24(9-11-26)20-46(31-6-4-5-7-32(31)50-2)39(48)54-36-23-44-16-14-25(36)15-17-44/h4-13,18,21-22,25,34,36,38H,3,14-17,19-20,23H2,1-2H3/t34-,36-/m0/s1. The summed E-state index contributed by atoms with van der Waals surface area (Å²) in [6.07, 6.45) is 2.38. The van der Waals surface area contributed by atoms with Gasteiger partial charge in [0.15, 0.2) is 23.9 Å². The van der Waals surface area contributed by atoms with Gasteiger partial charge in [0.2, 0.25) is 0 Å². The molecule has 0 unspecified atom stereocenters. The fraction of sp³-hybridized carbons (Fsp3) is 0.359. The van der Waals surface area contributed by atoms with Crippen molar-refractivity contribution in [3.8, 4) is 17.2 Å². The van der Waals surface area contributed by atoms with E-state index in [9.17, 15) is 23.6 Å². The minimum atomic E-state index is -3.09. The Labute approximate surface area is 321 Å². The maximum atomic E-state index is 13.8. The molecule has 0 N–H and O–H groups in total. The first-order chi connectivity index (χ1) is 26.0. The number of aromatic nitrogens is 1. The van der Waals surface area contributed by atoms with Crippen LogP contribution < -0.4 is 23.8 Å². The lowest BCUT2D eigenvalue weighted by molar-refractivity contribution is -0.605. The molecule has 0 saturated carbocycles. The van der Waals surface area contributed by atoms with E-state index in [1.165, 1.54) is 30.2 Å². The first kappa shape index (κ1) is 38.9. The highest BCUT2D eigenvalue weighted by molar-refractivity contribution is 6.35. The van der Waals surface area contributed by atoms with Crippen LogP contribution in [0.3, 0.4) is 0 Å². The third-order valence-electron chi connectivity index (χ3n) is 9.53. The number of rotatable bonds is 14. The number of benzene rings is 3. The van der Waals surface area contributed by atoms with E-state index >= 15 is 0 Å². The van der Waals surface area contributed by atoms with E-state index in [0.717, 1.165) is 38.3 Å². The second-order valence-corrected chi connectivity index (χ2v) is 13.7. The zero-order valence-electron chi connectivity index (χ0n) is 29.6. The maximum Gasteiger partial charge on any atom is 0.415 e. The number of amides is 1. The molecule has 7 rings (SSSR count). The van der Waals surface area contributed by atoms with Crippen molar-refractivity contribution >= 4 is 41.0 Å². The summed E-state index contributed by atoms with van der Waals surface area (Å²) in [6, 6.07) is 17.9. The molecular weight excluding hydrogens is 747 g/mol. The third-order valence-corrected chi connectivity index (χ3v) is 10.2. The molecule has 1 amide bonds. The second-order valence-electron chi connectivity index (χ2n) is 12.9. The van der Waals surface area contributed by atoms with Crippen molar-refractivity contribution in [2.24, 2.45) is 5.92 Å². The van der Waals surface area contributed by atoms with Gasteiger partial charge >= 0.3 is 18.7 Å². The highest BCUT2D eigenvalue weighted by Crippen LogP contribution is 2.37. The van der Waals surface area contributed by atoms with Crippen LogP contribution in [0.2, 0.25) is 10.0 Å². The SMILES string of the molecule is CCOc1cc([C@H](Cc2c(Cl)c[n+]([O-])cc2Cl)OC(=O)c2ccc(CN(C(=O)O[C@H]3CN4CCC3CC4)c3ccccc3OC)cc2)ccc1OC(F)F. The number of piperidine rings is 3. The van der Waals surface area contributed by atoms with E-state index in [1.54, 1.807) is 43.3 Å².